The lowest BCUT2D eigenvalue weighted by Crippen LogP contribution is -2.48. The molecule has 41 heavy (non-hydrogen) atoms. The second-order valence-electron chi connectivity index (χ2n) is 11.9. The van der Waals surface area contributed by atoms with Crippen molar-refractivity contribution >= 4 is 28.7 Å². The van der Waals surface area contributed by atoms with Crippen LogP contribution in [-0.4, -0.2) is 66.0 Å². The molecule has 0 bridgehead atoms. The molecule has 4 aromatic heterocycles. The molecule has 12 heteroatoms. The van der Waals surface area contributed by atoms with Gasteiger partial charge in [-0.2, -0.15) is 10.1 Å². The van der Waals surface area contributed by atoms with E-state index in [4.69, 9.17) is 9.84 Å². The number of pyridine rings is 2. The van der Waals surface area contributed by atoms with Crippen molar-refractivity contribution in [3.63, 3.8) is 0 Å². The zero-order chi connectivity index (χ0) is 29.5. The highest BCUT2D eigenvalue weighted by molar-refractivity contribution is 5.78. The number of ketones is 1. The van der Waals surface area contributed by atoms with Crippen LogP contribution >= 0.6 is 0 Å². The van der Waals surface area contributed by atoms with E-state index in [9.17, 15) is 13.6 Å². The molecule has 0 radical (unpaired) electrons. The van der Waals surface area contributed by atoms with Gasteiger partial charge in [0, 0.05) is 61.4 Å². The molecule has 0 amide bonds. The van der Waals surface area contributed by atoms with Crippen molar-refractivity contribution in [2.75, 3.05) is 25.5 Å². The number of imidazole rings is 1. The van der Waals surface area contributed by atoms with Crippen LogP contribution in [0.15, 0.2) is 36.7 Å². The number of fused-ring (bicyclic) bond motifs is 1. The summed E-state index contributed by atoms with van der Waals surface area (Å²) in [5, 5.41) is 7.95. The van der Waals surface area contributed by atoms with Crippen molar-refractivity contribution in [3.8, 4) is 11.5 Å². The van der Waals surface area contributed by atoms with Gasteiger partial charge in [0.1, 0.15) is 17.3 Å². The number of rotatable bonds is 8. The largest absolute Gasteiger partial charge is 0.456 e. The van der Waals surface area contributed by atoms with E-state index in [1.165, 1.54) is 6.92 Å². The number of aryl methyl sites for hydroxylation is 1. The van der Waals surface area contributed by atoms with E-state index in [1.807, 2.05) is 44.5 Å². The number of anilines is 2. The Balaban J connectivity index is 1.38. The highest BCUT2D eigenvalue weighted by Crippen LogP contribution is 2.36. The van der Waals surface area contributed by atoms with Crippen LogP contribution in [0.5, 0.6) is 11.5 Å². The minimum absolute atomic E-state index is 0.0202. The number of nitrogens with zero attached hydrogens (tertiary/aromatic N) is 7. The quantitative estimate of drug-likeness (QED) is 0.314. The van der Waals surface area contributed by atoms with Crippen molar-refractivity contribution in [2.24, 2.45) is 13.0 Å². The van der Waals surface area contributed by atoms with Gasteiger partial charge in [-0.3, -0.25) is 14.5 Å². The summed E-state index contributed by atoms with van der Waals surface area (Å²) >= 11 is 0. The van der Waals surface area contributed by atoms with Crippen molar-refractivity contribution in [1.82, 2.24) is 34.2 Å². The van der Waals surface area contributed by atoms with E-state index < -0.39 is 11.8 Å². The van der Waals surface area contributed by atoms with Crippen molar-refractivity contribution in [3.05, 3.63) is 48.0 Å². The summed E-state index contributed by atoms with van der Waals surface area (Å²) in [7, 11) is 3.58. The molecule has 10 nitrogen and oxygen atoms in total. The maximum Gasteiger partial charge on any atom is 0.265 e. The van der Waals surface area contributed by atoms with Crippen LogP contribution < -0.4 is 10.1 Å². The lowest BCUT2D eigenvalue weighted by molar-refractivity contribution is -0.116. The Morgan fingerprint density at radius 2 is 1.95 bits per heavy atom. The summed E-state index contributed by atoms with van der Waals surface area (Å²) in [4.78, 5) is 26.4. The van der Waals surface area contributed by atoms with Crippen LogP contribution in [0.1, 0.15) is 45.5 Å². The van der Waals surface area contributed by atoms with Gasteiger partial charge in [0.25, 0.3) is 5.92 Å². The van der Waals surface area contributed by atoms with Gasteiger partial charge in [-0.1, -0.05) is 20.8 Å². The molecule has 1 fully saturated rings. The van der Waals surface area contributed by atoms with Crippen LogP contribution in [0.3, 0.4) is 0 Å². The van der Waals surface area contributed by atoms with Gasteiger partial charge in [0.15, 0.2) is 11.5 Å². The number of hydrogen-bond donors (Lipinski definition) is 1. The third-order valence-electron chi connectivity index (χ3n) is 7.29. The minimum Gasteiger partial charge on any atom is -0.456 e. The number of aromatic nitrogens is 6. The Kier molecular flexibility index (Phi) is 7.54. The molecule has 1 atom stereocenters. The van der Waals surface area contributed by atoms with Crippen molar-refractivity contribution in [1.29, 1.82) is 0 Å². The summed E-state index contributed by atoms with van der Waals surface area (Å²) in [5.74, 6) is -1.46. The van der Waals surface area contributed by atoms with Crippen LogP contribution in [0.2, 0.25) is 0 Å². The Morgan fingerprint density at radius 1 is 1.17 bits per heavy atom. The topological polar surface area (TPSA) is 103 Å². The average molecular weight is 567 g/mol. The number of halogens is 2. The number of hydrogen-bond acceptors (Lipinski definition) is 8. The minimum atomic E-state index is -2.78. The normalized spacial score (nSPS) is 17.6. The Morgan fingerprint density at radius 3 is 2.66 bits per heavy atom. The second kappa shape index (κ2) is 10.8. The highest BCUT2D eigenvalue weighted by atomic mass is 19.3. The number of Topliss-reactive ketones (excluding diaryl/α,β-unsaturated/α-hetero) is 1. The lowest BCUT2D eigenvalue weighted by Gasteiger charge is -2.37. The SMILES string of the molecule is CC(=O)Cc1cc(Oc2cnc3nc(Nc4cc(C(C)(C)C)n(C[C@H]5CCN(C)CC5(F)F)n4)n(C)c3c2)ccn1. The number of likely N-dealkylation sites (tertiary alicyclic amines) is 1. The molecular weight excluding hydrogens is 530 g/mol. The molecule has 0 saturated carbocycles. The van der Waals surface area contributed by atoms with E-state index in [0.717, 1.165) is 11.2 Å². The number of alkyl halides is 2. The van der Waals surface area contributed by atoms with E-state index in [1.54, 1.807) is 41.2 Å². The molecule has 5 heterocycles. The first-order valence-corrected chi connectivity index (χ1v) is 13.6. The first-order chi connectivity index (χ1) is 19.3. The summed E-state index contributed by atoms with van der Waals surface area (Å²) in [5.41, 5.74) is 2.43. The van der Waals surface area contributed by atoms with Crippen molar-refractivity contribution in [2.45, 2.75) is 58.4 Å². The zero-order valence-corrected chi connectivity index (χ0v) is 24.3. The molecule has 0 aromatic carbocycles. The summed E-state index contributed by atoms with van der Waals surface area (Å²) in [6.45, 7) is 8.19. The zero-order valence-electron chi connectivity index (χ0n) is 24.3. The molecule has 1 saturated heterocycles. The molecule has 1 N–H and O–H groups in total. The highest BCUT2D eigenvalue weighted by Gasteiger charge is 2.44. The van der Waals surface area contributed by atoms with Crippen LogP contribution in [-0.2, 0) is 30.2 Å². The summed E-state index contributed by atoms with van der Waals surface area (Å²) < 4.78 is 39.2. The lowest BCUT2D eigenvalue weighted by atomic mass is 9.90. The number of nitrogens with one attached hydrogen (secondary N) is 1. The smallest absolute Gasteiger partial charge is 0.265 e. The summed E-state index contributed by atoms with van der Waals surface area (Å²) in [6, 6.07) is 7.17. The number of piperidine rings is 1. The molecule has 0 aliphatic carbocycles. The Hall–Kier alpha value is -3.93. The fourth-order valence-electron chi connectivity index (χ4n) is 5.15. The third-order valence-corrected chi connectivity index (χ3v) is 7.29. The molecule has 0 spiro atoms. The first kappa shape index (κ1) is 28.6. The van der Waals surface area contributed by atoms with Gasteiger partial charge >= 0.3 is 0 Å². The van der Waals surface area contributed by atoms with E-state index in [-0.39, 0.29) is 30.7 Å². The summed E-state index contributed by atoms with van der Waals surface area (Å²) in [6.07, 6.45) is 3.83. The molecule has 5 rings (SSSR count). The third kappa shape index (κ3) is 6.37. The fraction of sp³-hybridized carbons (Fsp3) is 0.483. The molecule has 0 unspecified atom stereocenters. The molecule has 1 aliphatic heterocycles. The fourth-order valence-corrected chi connectivity index (χ4v) is 5.15. The van der Waals surface area contributed by atoms with E-state index in [0.29, 0.717) is 47.6 Å². The van der Waals surface area contributed by atoms with Crippen LogP contribution in [0, 0.1) is 5.92 Å². The monoisotopic (exact) mass is 566 g/mol. The van der Waals surface area contributed by atoms with Gasteiger partial charge < -0.3 is 19.5 Å². The maximum atomic E-state index is 14.9. The maximum absolute atomic E-state index is 14.9. The van der Waals surface area contributed by atoms with E-state index in [2.05, 4.69) is 20.3 Å². The predicted molar refractivity (Wildman–Crippen MR) is 152 cm³/mol. The second-order valence-corrected chi connectivity index (χ2v) is 11.9. The van der Waals surface area contributed by atoms with E-state index >= 15 is 0 Å². The van der Waals surface area contributed by atoms with Gasteiger partial charge in [0.05, 0.1) is 24.0 Å². The van der Waals surface area contributed by atoms with Gasteiger partial charge in [-0.05, 0) is 33.0 Å². The van der Waals surface area contributed by atoms with Gasteiger partial charge in [-0.25, -0.2) is 13.8 Å². The number of carbonyl (C=O) groups is 1. The predicted octanol–water partition coefficient (Wildman–Crippen LogP) is 5.11. The van der Waals surface area contributed by atoms with Gasteiger partial charge in [0.2, 0.25) is 5.95 Å². The molecular formula is C29H36F2N8O2. The molecule has 1 aliphatic rings. The Bertz CT molecular complexity index is 1570. The molecule has 4 aromatic rings. The Labute approximate surface area is 237 Å². The van der Waals surface area contributed by atoms with Crippen LogP contribution in [0.25, 0.3) is 11.2 Å². The standard InChI is InChI=1S/C29H36F2N8O2/c1-18(40)11-20-12-21(7-9-32-20)41-22-13-23-26(33-15-22)35-27(38(23)6)34-25-14-24(28(2,3)4)39(36-25)16-19-8-10-37(5)17-29(19,30)31/h7,9,12-15,19H,8,10-11,16-17H2,1-6H3,(H,33,34,35,36)/t19-/m1/s1. The number of carbonyl (C=O) groups excluding carboxylic acids is 1. The van der Waals surface area contributed by atoms with Crippen LogP contribution in [0.4, 0.5) is 20.5 Å². The first-order valence-electron chi connectivity index (χ1n) is 13.6. The average Bonchev–Trinajstić information content (AvgIpc) is 3.41. The number of ether oxygens (including phenoxy) is 1. The van der Waals surface area contributed by atoms with Crippen molar-refractivity contribution < 1.29 is 18.3 Å². The molecule has 218 valence electrons. The van der Waals surface area contributed by atoms with Gasteiger partial charge in [-0.15, -0.1) is 0 Å².